The normalized spacial score (nSPS) is 25.5. The minimum Gasteiger partial charge on any atom is -0.372 e. The molecule has 4 rings (SSSR count). The minimum absolute atomic E-state index is 0.130. The largest absolute Gasteiger partial charge is 0.372 e. The van der Waals surface area contributed by atoms with Crippen LogP contribution in [0.2, 0.25) is 5.02 Å². The summed E-state index contributed by atoms with van der Waals surface area (Å²) in [5.41, 5.74) is -3.67. The number of fused-ring (bicyclic) bond motifs is 3. The van der Waals surface area contributed by atoms with Gasteiger partial charge in [-0.3, -0.25) is 9.59 Å². The second-order valence-electron chi connectivity index (χ2n) is 7.18. The van der Waals surface area contributed by atoms with Gasteiger partial charge in [-0.2, -0.15) is 0 Å². The molecule has 0 amide bonds. The van der Waals surface area contributed by atoms with Crippen LogP contribution in [0.3, 0.4) is 0 Å². The van der Waals surface area contributed by atoms with E-state index in [4.69, 9.17) is 11.6 Å². The number of hydrogen-bond acceptors (Lipinski definition) is 5. The first-order chi connectivity index (χ1) is 13.4. The predicted molar refractivity (Wildman–Crippen MR) is 105 cm³/mol. The van der Waals surface area contributed by atoms with Crippen molar-refractivity contribution in [2.45, 2.75) is 31.1 Å². The van der Waals surface area contributed by atoms with Gasteiger partial charge < -0.3 is 15.1 Å². The van der Waals surface area contributed by atoms with Gasteiger partial charge in [-0.05, 0) is 30.7 Å². The summed E-state index contributed by atoms with van der Waals surface area (Å²) in [5, 5.41) is 23.7. The third-order valence-electron chi connectivity index (χ3n) is 5.57. The molecule has 0 spiro atoms. The van der Waals surface area contributed by atoms with E-state index in [0.717, 1.165) is 12.8 Å². The number of hydrogen-bond donors (Lipinski definition) is 2. The van der Waals surface area contributed by atoms with Crippen LogP contribution in [-0.2, 0) is 5.72 Å². The number of unbranched alkanes of at least 4 members (excludes halogenated alkanes) is 1. The van der Waals surface area contributed by atoms with E-state index in [1.165, 1.54) is 23.2 Å². The molecule has 144 valence electrons. The summed E-state index contributed by atoms with van der Waals surface area (Å²) in [6.45, 7) is 2.40. The van der Waals surface area contributed by atoms with E-state index in [-0.39, 0.29) is 16.7 Å². The van der Waals surface area contributed by atoms with Crippen LogP contribution in [0.15, 0.2) is 60.3 Å². The van der Waals surface area contributed by atoms with Gasteiger partial charge in [-0.25, -0.2) is 0 Å². The van der Waals surface area contributed by atoms with Crippen molar-refractivity contribution < 1.29 is 19.8 Å². The van der Waals surface area contributed by atoms with Gasteiger partial charge in [0, 0.05) is 34.5 Å². The Labute approximate surface area is 167 Å². The quantitative estimate of drug-likeness (QED) is 0.757. The van der Waals surface area contributed by atoms with Crippen LogP contribution >= 0.6 is 11.6 Å². The van der Waals surface area contributed by atoms with Crippen molar-refractivity contribution in [1.29, 1.82) is 0 Å². The summed E-state index contributed by atoms with van der Waals surface area (Å²) in [7, 11) is 0. The zero-order chi connectivity index (χ0) is 20.1. The Morgan fingerprint density at radius 3 is 2.46 bits per heavy atom. The first-order valence-electron chi connectivity index (χ1n) is 9.24. The highest BCUT2D eigenvalue weighted by molar-refractivity contribution is 6.30. The molecule has 1 aliphatic heterocycles. The maximum atomic E-state index is 13.2. The second kappa shape index (κ2) is 6.55. The number of aliphatic hydroxyl groups is 2. The molecule has 0 bridgehead atoms. The number of ketones is 2. The number of Topliss-reactive ketones (excluding diaryl/α,β-unsaturated/α-hetero) is 2. The fourth-order valence-electron chi connectivity index (χ4n) is 4.08. The summed E-state index contributed by atoms with van der Waals surface area (Å²) in [5.74, 6) is -1.18. The smallest absolute Gasteiger partial charge is 0.210 e. The number of nitrogens with zero attached hydrogens (tertiary/aromatic N) is 1. The number of rotatable bonds is 5. The van der Waals surface area contributed by atoms with Crippen LogP contribution in [0, 0.1) is 0 Å². The zero-order valence-electron chi connectivity index (χ0n) is 15.4. The molecule has 0 fully saturated rings. The van der Waals surface area contributed by atoms with Crippen LogP contribution < -0.4 is 0 Å². The highest BCUT2D eigenvalue weighted by Gasteiger charge is 2.71. The van der Waals surface area contributed by atoms with E-state index in [9.17, 15) is 19.8 Å². The van der Waals surface area contributed by atoms with E-state index in [0.29, 0.717) is 17.1 Å². The Bertz CT molecular complexity index is 1000. The third kappa shape index (κ3) is 2.33. The molecule has 0 aromatic heterocycles. The molecule has 2 atom stereocenters. The lowest BCUT2D eigenvalue weighted by molar-refractivity contribution is -0.167. The molecule has 0 unspecified atom stereocenters. The lowest BCUT2D eigenvalue weighted by Gasteiger charge is -2.39. The molecule has 5 nitrogen and oxygen atoms in total. The van der Waals surface area contributed by atoms with Crippen LogP contribution in [-0.4, -0.2) is 38.8 Å². The minimum atomic E-state index is -2.36. The Morgan fingerprint density at radius 2 is 1.79 bits per heavy atom. The fraction of sp³-hybridized carbons (Fsp3) is 0.273. The van der Waals surface area contributed by atoms with E-state index in [2.05, 4.69) is 0 Å². The lowest BCUT2D eigenvalue weighted by atomic mass is 9.82. The van der Waals surface area contributed by atoms with E-state index >= 15 is 0 Å². The summed E-state index contributed by atoms with van der Waals surface area (Å²) in [4.78, 5) is 27.9. The maximum absolute atomic E-state index is 13.2. The number of benzene rings is 2. The monoisotopic (exact) mass is 397 g/mol. The average Bonchev–Trinajstić information content (AvgIpc) is 3.04. The topological polar surface area (TPSA) is 77.8 Å². The Balaban J connectivity index is 1.87. The molecule has 1 aliphatic carbocycles. The SMILES string of the molecule is CCCCN1C=C(C(=O)c2ccc(Cl)cc2)[C@]2(O)C(=O)c3ccccc3[C@]12O. The van der Waals surface area contributed by atoms with Gasteiger partial charge in [0.1, 0.15) is 0 Å². The molecule has 6 heteroatoms. The van der Waals surface area contributed by atoms with Gasteiger partial charge in [0.25, 0.3) is 0 Å². The predicted octanol–water partition coefficient (Wildman–Crippen LogP) is 3.30. The summed E-state index contributed by atoms with van der Waals surface area (Å²) < 4.78 is 0. The molecule has 2 aromatic rings. The van der Waals surface area contributed by atoms with Crippen molar-refractivity contribution in [1.82, 2.24) is 4.90 Å². The summed E-state index contributed by atoms with van der Waals surface area (Å²) in [6.07, 6.45) is 3.02. The molecule has 2 aliphatic rings. The van der Waals surface area contributed by atoms with E-state index in [1.54, 1.807) is 36.4 Å². The molecule has 28 heavy (non-hydrogen) atoms. The molecule has 0 saturated heterocycles. The fourth-order valence-corrected chi connectivity index (χ4v) is 4.21. The van der Waals surface area contributed by atoms with Gasteiger partial charge in [0.15, 0.2) is 5.78 Å². The van der Waals surface area contributed by atoms with Crippen LogP contribution in [0.1, 0.15) is 46.0 Å². The third-order valence-corrected chi connectivity index (χ3v) is 5.83. The molecular weight excluding hydrogens is 378 g/mol. The molecular formula is C22H20ClNO4. The van der Waals surface area contributed by atoms with Crippen LogP contribution in [0.4, 0.5) is 0 Å². The maximum Gasteiger partial charge on any atom is 0.210 e. The van der Waals surface area contributed by atoms with Crippen LogP contribution in [0.5, 0.6) is 0 Å². The first kappa shape index (κ1) is 18.9. The molecule has 2 aromatic carbocycles. The Morgan fingerprint density at radius 1 is 1.11 bits per heavy atom. The van der Waals surface area contributed by atoms with Gasteiger partial charge in [-0.15, -0.1) is 0 Å². The number of carbonyl (C=O) groups excluding carboxylic acids is 2. The van der Waals surface area contributed by atoms with Crippen molar-refractivity contribution in [2.75, 3.05) is 6.54 Å². The molecule has 0 radical (unpaired) electrons. The second-order valence-corrected chi connectivity index (χ2v) is 7.62. The van der Waals surface area contributed by atoms with Crippen LogP contribution in [0.25, 0.3) is 0 Å². The standard InChI is InChI=1S/C22H20ClNO4/c1-2-3-12-24-13-18(19(25)14-8-10-15(23)11-9-14)21(27)20(26)16-6-4-5-7-17(16)22(21,24)28/h4-11,13,27-28H,2-3,12H2,1H3/t21-,22+/m0/s1. The Kier molecular flexibility index (Phi) is 4.42. The molecule has 1 heterocycles. The van der Waals surface area contributed by atoms with Crippen molar-refractivity contribution in [3.05, 3.63) is 82.0 Å². The summed E-state index contributed by atoms with van der Waals surface area (Å²) >= 11 is 5.90. The van der Waals surface area contributed by atoms with Crippen molar-refractivity contribution in [2.24, 2.45) is 0 Å². The highest BCUT2D eigenvalue weighted by Crippen LogP contribution is 2.54. The van der Waals surface area contributed by atoms with Gasteiger partial charge in [0.2, 0.25) is 17.1 Å². The van der Waals surface area contributed by atoms with Gasteiger partial charge in [0.05, 0.1) is 5.57 Å². The zero-order valence-corrected chi connectivity index (χ0v) is 16.1. The lowest BCUT2D eigenvalue weighted by Crippen LogP contribution is -2.57. The van der Waals surface area contributed by atoms with Crippen molar-refractivity contribution in [3.63, 3.8) is 0 Å². The van der Waals surface area contributed by atoms with Crippen molar-refractivity contribution >= 4 is 23.2 Å². The van der Waals surface area contributed by atoms with Gasteiger partial charge in [-0.1, -0.05) is 49.2 Å². The number of carbonyl (C=O) groups is 2. The molecule has 0 saturated carbocycles. The average molecular weight is 398 g/mol. The highest BCUT2D eigenvalue weighted by atomic mass is 35.5. The van der Waals surface area contributed by atoms with Gasteiger partial charge >= 0.3 is 0 Å². The van der Waals surface area contributed by atoms with E-state index in [1.807, 2.05) is 6.92 Å². The Hall–Kier alpha value is -2.47. The van der Waals surface area contributed by atoms with E-state index < -0.39 is 22.9 Å². The van der Waals surface area contributed by atoms with Crippen molar-refractivity contribution in [3.8, 4) is 0 Å². The number of halogens is 1. The molecule has 2 N–H and O–H groups in total. The summed E-state index contributed by atoms with van der Waals surface area (Å²) in [6, 6.07) is 12.8. The first-order valence-corrected chi connectivity index (χ1v) is 9.61.